The zero-order chi connectivity index (χ0) is 17.6. The number of hydrogen-bond donors (Lipinski definition) is 1. The molecule has 0 spiro atoms. The van der Waals surface area contributed by atoms with Gasteiger partial charge in [0, 0.05) is 16.5 Å². The summed E-state index contributed by atoms with van der Waals surface area (Å²) in [5, 5.41) is 6.31. The molecule has 0 saturated carbocycles. The van der Waals surface area contributed by atoms with Crippen LogP contribution in [0.5, 0.6) is 5.75 Å². The fourth-order valence-corrected chi connectivity index (χ4v) is 4.50. The van der Waals surface area contributed by atoms with Crippen molar-refractivity contribution in [2.75, 3.05) is 6.61 Å². The Morgan fingerprint density at radius 2 is 1.83 bits per heavy atom. The van der Waals surface area contributed by atoms with E-state index in [2.05, 4.69) is 15.9 Å². The van der Waals surface area contributed by atoms with E-state index in [-0.39, 0.29) is 17.9 Å². The van der Waals surface area contributed by atoms with Crippen LogP contribution < -0.4 is 4.74 Å². The second kappa shape index (κ2) is 5.79. The molecule has 1 atom stereocenters. The highest BCUT2D eigenvalue weighted by Crippen LogP contribution is 2.51. The van der Waals surface area contributed by atoms with Gasteiger partial charge in [0.1, 0.15) is 5.75 Å². The van der Waals surface area contributed by atoms with E-state index in [4.69, 9.17) is 4.74 Å². The topological polar surface area (TPSA) is 63.6 Å². The summed E-state index contributed by atoms with van der Waals surface area (Å²) in [5.74, 6) is 0.0369. The smallest absolute Gasteiger partial charge is 0.382 e. The van der Waals surface area contributed by atoms with Gasteiger partial charge in [-0.05, 0) is 30.3 Å². The van der Waals surface area contributed by atoms with Crippen LogP contribution in [0.4, 0.5) is 8.78 Å². The average Bonchev–Trinajstić information content (AvgIpc) is 2.56. The van der Waals surface area contributed by atoms with E-state index in [0.29, 0.717) is 4.47 Å². The average molecular weight is 419 g/mol. The van der Waals surface area contributed by atoms with Crippen LogP contribution in [0.1, 0.15) is 12.0 Å². The van der Waals surface area contributed by atoms with Crippen molar-refractivity contribution in [2.24, 2.45) is 0 Å². The van der Waals surface area contributed by atoms with Gasteiger partial charge in [-0.1, -0.05) is 34.1 Å². The van der Waals surface area contributed by atoms with Crippen molar-refractivity contribution in [1.82, 2.24) is 0 Å². The van der Waals surface area contributed by atoms with Crippen LogP contribution in [0.25, 0.3) is 0 Å². The van der Waals surface area contributed by atoms with Gasteiger partial charge in [-0.2, -0.15) is 8.78 Å². The third kappa shape index (κ3) is 2.44. The van der Waals surface area contributed by atoms with Crippen molar-refractivity contribution < 1.29 is 27.0 Å². The largest absolute Gasteiger partial charge is 0.493 e. The number of rotatable bonds is 3. The number of benzene rings is 2. The predicted octanol–water partition coefficient (Wildman–Crippen LogP) is 3.49. The van der Waals surface area contributed by atoms with Gasteiger partial charge in [-0.25, -0.2) is 8.42 Å². The first-order valence-electron chi connectivity index (χ1n) is 7.03. The van der Waals surface area contributed by atoms with Crippen molar-refractivity contribution in [3.05, 3.63) is 58.6 Å². The van der Waals surface area contributed by atoms with Crippen LogP contribution >= 0.6 is 15.9 Å². The molecular formula is C16H13BrF2O4S. The Labute approximate surface area is 146 Å². The Morgan fingerprint density at radius 3 is 2.50 bits per heavy atom. The monoisotopic (exact) mass is 418 g/mol. The molecule has 24 heavy (non-hydrogen) atoms. The lowest BCUT2D eigenvalue weighted by molar-refractivity contribution is -0.149. The molecule has 3 rings (SSSR count). The minimum Gasteiger partial charge on any atom is -0.493 e. The first kappa shape index (κ1) is 17.3. The van der Waals surface area contributed by atoms with Gasteiger partial charge in [0.05, 0.1) is 11.5 Å². The molecule has 1 unspecified atom stereocenters. The molecule has 128 valence electrons. The number of ether oxygens (including phenoxy) is 1. The number of aliphatic hydroxyl groups is 1. The maximum Gasteiger partial charge on any atom is 0.382 e. The highest BCUT2D eigenvalue weighted by Gasteiger charge is 2.64. The summed E-state index contributed by atoms with van der Waals surface area (Å²) in [6.07, 6.45) is -0.546. The Morgan fingerprint density at radius 1 is 1.17 bits per heavy atom. The van der Waals surface area contributed by atoms with E-state index < -0.39 is 32.0 Å². The summed E-state index contributed by atoms with van der Waals surface area (Å²) in [6, 6.07) is 10.6. The molecule has 1 aliphatic rings. The molecule has 8 heteroatoms. The Kier molecular flexibility index (Phi) is 4.17. The summed E-state index contributed by atoms with van der Waals surface area (Å²) in [7, 11) is -5.11. The molecular weight excluding hydrogens is 406 g/mol. The lowest BCUT2D eigenvalue weighted by Crippen LogP contribution is -2.53. The summed E-state index contributed by atoms with van der Waals surface area (Å²) in [6.45, 7) is -0.217. The maximum absolute atomic E-state index is 15.1. The standard InChI is InChI=1S/C16H13BrF2O4S/c17-11-6-7-14-13(10-11)15(20,8-9-23-14)16(18,19)24(21,22)12-4-2-1-3-5-12/h1-7,10,20H,8-9H2. The molecule has 2 aromatic rings. The second-order valence-electron chi connectivity index (χ2n) is 5.43. The lowest BCUT2D eigenvalue weighted by atomic mass is 9.88. The minimum absolute atomic E-state index is 0.0369. The normalized spacial score (nSPS) is 21.0. The van der Waals surface area contributed by atoms with Crippen LogP contribution in [-0.4, -0.2) is 25.4 Å². The molecule has 4 nitrogen and oxygen atoms in total. The van der Waals surface area contributed by atoms with Gasteiger partial charge >= 0.3 is 5.25 Å². The molecule has 0 fully saturated rings. The third-order valence-electron chi connectivity index (χ3n) is 3.98. The lowest BCUT2D eigenvalue weighted by Gasteiger charge is -2.39. The molecule has 0 aliphatic carbocycles. The summed E-state index contributed by atoms with van der Waals surface area (Å²) in [5.41, 5.74) is -3.15. The first-order valence-corrected chi connectivity index (χ1v) is 9.30. The van der Waals surface area contributed by atoms with Crippen LogP contribution in [0.15, 0.2) is 57.9 Å². The molecule has 0 saturated heterocycles. The highest BCUT2D eigenvalue weighted by molar-refractivity contribution is 9.10. The first-order chi connectivity index (χ1) is 11.2. The molecule has 1 aliphatic heterocycles. The SMILES string of the molecule is O=S(=O)(c1ccccc1)C(F)(F)C1(O)CCOc2ccc(Br)cc21. The number of alkyl halides is 2. The van der Waals surface area contributed by atoms with Gasteiger partial charge in [0.2, 0.25) is 9.84 Å². The molecule has 1 N–H and O–H groups in total. The number of halogens is 3. The molecule has 0 radical (unpaired) electrons. The van der Waals surface area contributed by atoms with Gasteiger partial charge < -0.3 is 9.84 Å². The van der Waals surface area contributed by atoms with E-state index in [1.807, 2.05) is 0 Å². The number of hydrogen-bond acceptors (Lipinski definition) is 4. The highest BCUT2D eigenvalue weighted by atomic mass is 79.9. The van der Waals surface area contributed by atoms with E-state index in [9.17, 15) is 13.5 Å². The van der Waals surface area contributed by atoms with Crippen molar-refractivity contribution in [3.8, 4) is 5.75 Å². The fourth-order valence-electron chi connectivity index (χ4n) is 2.67. The molecule has 0 bridgehead atoms. The van der Waals surface area contributed by atoms with Crippen LogP contribution in [0.2, 0.25) is 0 Å². The second-order valence-corrected chi connectivity index (χ2v) is 8.34. The Bertz CT molecular complexity index is 871. The van der Waals surface area contributed by atoms with Gasteiger partial charge in [0.25, 0.3) is 0 Å². The fraction of sp³-hybridized carbons (Fsp3) is 0.250. The van der Waals surface area contributed by atoms with Crippen molar-refractivity contribution in [1.29, 1.82) is 0 Å². The third-order valence-corrected chi connectivity index (χ3v) is 6.38. The van der Waals surface area contributed by atoms with Crippen molar-refractivity contribution >= 4 is 25.8 Å². The predicted molar refractivity (Wildman–Crippen MR) is 86.7 cm³/mol. The van der Waals surface area contributed by atoms with E-state index in [1.165, 1.54) is 30.3 Å². The van der Waals surface area contributed by atoms with Gasteiger partial charge in [0.15, 0.2) is 5.60 Å². The summed E-state index contributed by atoms with van der Waals surface area (Å²) < 4.78 is 60.8. The van der Waals surface area contributed by atoms with E-state index >= 15 is 8.78 Å². The molecule has 0 amide bonds. The maximum atomic E-state index is 15.1. The Balaban J connectivity index is 2.19. The Hall–Kier alpha value is -1.51. The zero-order valence-electron chi connectivity index (χ0n) is 12.2. The minimum atomic E-state index is -5.11. The van der Waals surface area contributed by atoms with E-state index in [0.717, 1.165) is 12.1 Å². The molecule has 0 aromatic heterocycles. The summed E-state index contributed by atoms with van der Waals surface area (Å²) in [4.78, 5) is -0.550. The molecule has 2 aromatic carbocycles. The van der Waals surface area contributed by atoms with Crippen LogP contribution in [0.3, 0.4) is 0 Å². The van der Waals surface area contributed by atoms with Crippen LogP contribution in [0, 0.1) is 0 Å². The number of sulfone groups is 1. The quantitative estimate of drug-likeness (QED) is 0.828. The van der Waals surface area contributed by atoms with Crippen molar-refractivity contribution in [2.45, 2.75) is 22.2 Å². The zero-order valence-corrected chi connectivity index (χ0v) is 14.6. The van der Waals surface area contributed by atoms with E-state index in [1.54, 1.807) is 6.07 Å². The van der Waals surface area contributed by atoms with Crippen molar-refractivity contribution in [3.63, 3.8) is 0 Å². The van der Waals surface area contributed by atoms with Gasteiger partial charge in [-0.3, -0.25) is 0 Å². The summed E-state index contributed by atoms with van der Waals surface area (Å²) >= 11 is 3.14. The molecule has 1 heterocycles. The number of fused-ring (bicyclic) bond motifs is 1. The van der Waals surface area contributed by atoms with Gasteiger partial charge in [-0.15, -0.1) is 0 Å². The van der Waals surface area contributed by atoms with Crippen LogP contribution in [-0.2, 0) is 15.4 Å².